The number of nitrogens with zero attached hydrogens (tertiary/aromatic N) is 1. The van der Waals surface area contributed by atoms with E-state index in [0.29, 0.717) is 45.0 Å². The van der Waals surface area contributed by atoms with Crippen LogP contribution in [0.4, 0.5) is 0 Å². The van der Waals surface area contributed by atoms with Crippen molar-refractivity contribution in [2.24, 2.45) is 0 Å². The first-order chi connectivity index (χ1) is 13.9. The molecule has 1 aromatic heterocycles. The third-order valence-electron chi connectivity index (χ3n) is 4.75. The van der Waals surface area contributed by atoms with Crippen LogP contribution in [0.3, 0.4) is 0 Å². The van der Waals surface area contributed by atoms with Gasteiger partial charge in [-0.15, -0.1) is 0 Å². The molecule has 2 N–H and O–H groups in total. The number of rotatable bonds is 8. The van der Waals surface area contributed by atoms with E-state index >= 15 is 0 Å². The summed E-state index contributed by atoms with van der Waals surface area (Å²) in [5.41, 5.74) is 5.20. The summed E-state index contributed by atoms with van der Waals surface area (Å²) in [6, 6.07) is 11.9. The van der Waals surface area contributed by atoms with E-state index in [9.17, 15) is 14.7 Å². The van der Waals surface area contributed by atoms with Crippen molar-refractivity contribution in [3.05, 3.63) is 64.3 Å². The van der Waals surface area contributed by atoms with Gasteiger partial charge in [-0.25, -0.2) is 0 Å². The number of hydroxylamine groups is 1. The third-order valence-corrected chi connectivity index (χ3v) is 5.00. The summed E-state index contributed by atoms with van der Waals surface area (Å²) in [5, 5.41) is 10.6. The molecule has 29 heavy (non-hydrogen) atoms. The quantitative estimate of drug-likeness (QED) is 0.416. The number of carbonyl (C=O) groups excluding carboxylic acids is 1. The van der Waals surface area contributed by atoms with E-state index in [4.69, 9.17) is 16.4 Å². The predicted molar refractivity (Wildman–Crippen MR) is 113 cm³/mol. The molecule has 152 valence electrons. The van der Waals surface area contributed by atoms with Crippen LogP contribution in [-0.4, -0.2) is 28.1 Å². The van der Waals surface area contributed by atoms with E-state index in [1.807, 2.05) is 0 Å². The van der Waals surface area contributed by atoms with Crippen LogP contribution in [0.5, 0.6) is 5.75 Å². The highest BCUT2D eigenvalue weighted by Gasteiger charge is 2.22. The molecule has 3 rings (SSSR count). The van der Waals surface area contributed by atoms with Gasteiger partial charge < -0.3 is 9.94 Å². The number of aromatic nitrogens is 1. The van der Waals surface area contributed by atoms with Crippen molar-refractivity contribution in [3.8, 4) is 5.75 Å². The molecule has 0 radical (unpaired) electrons. The number of benzene rings is 2. The van der Waals surface area contributed by atoms with E-state index in [0.717, 1.165) is 12.8 Å². The predicted octanol–water partition coefficient (Wildman–Crippen LogP) is 4.60. The number of fused-ring (bicyclic) bond motifs is 1. The highest BCUT2D eigenvalue weighted by atomic mass is 35.5. The SMILES string of the molecule is CCCCNOc1ccc2c(c1)c(CC(=O)O)c(C)n2C(=O)c1ccc(Cl)cc1. The lowest BCUT2D eigenvalue weighted by Gasteiger charge is -2.09. The molecule has 0 aliphatic carbocycles. The Kier molecular flexibility index (Phi) is 6.56. The maximum Gasteiger partial charge on any atom is 0.307 e. The van der Waals surface area contributed by atoms with Crippen molar-refractivity contribution >= 4 is 34.4 Å². The molecule has 0 aliphatic rings. The van der Waals surface area contributed by atoms with Gasteiger partial charge in [0.15, 0.2) is 0 Å². The maximum atomic E-state index is 13.1. The van der Waals surface area contributed by atoms with E-state index in [1.54, 1.807) is 54.0 Å². The number of carbonyl (C=O) groups is 2. The number of hydrogen-bond donors (Lipinski definition) is 2. The summed E-state index contributed by atoms with van der Waals surface area (Å²) in [6.45, 7) is 4.56. The summed E-state index contributed by atoms with van der Waals surface area (Å²) in [4.78, 5) is 30.2. The average molecular weight is 415 g/mol. The molecule has 6 nitrogen and oxygen atoms in total. The molecule has 0 atom stereocenters. The Labute approximate surface area is 174 Å². The van der Waals surface area contributed by atoms with E-state index in [1.165, 1.54) is 0 Å². The molecule has 3 aromatic rings. The molecule has 0 saturated heterocycles. The smallest absolute Gasteiger partial charge is 0.307 e. The zero-order valence-corrected chi connectivity index (χ0v) is 17.1. The molecule has 0 bridgehead atoms. The van der Waals surface area contributed by atoms with E-state index < -0.39 is 5.97 Å². The fourth-order valence-electron chi connectivity index (χ4n) is 3.27. The van der Waals surface area contributed by atoms with Gasteiger partial charge in [0.25, 0.3) is 5.91 Å². The lowest BCUT2D eigenvalue weighted by molar-refractivity contribution is -0.136. The van der Waals surface area contributed by atoms with Crippen LogP contribution in [0.1, 0.15) is 41.4 Å². The van der Waals surface area contributed by atoms with Crippen molar-refractivity contribution in [2.45, 2.75) is 33.1 Å². The fraction of sp³-hybridized carbons (Fsp3) is 0.273. The van der Waals surface area contributed by atoms with Gasteiger partial charge in [-0.1, -0.05) is 24.9 Å². The fourth-order valence-corrected chi connectivity index (χ4v) is 3.39. The zero-order valence-electron chi connectivity index (χ0n) is 16.4. The Morgan fingerprint density at radius 3 is 2.55 bits per heavy atom. The van der Waals surface area contributed by atoms with Gasteiger partial charge >= 0.3 is 5.97 Å². The first-order valence-electron chi connectivity index (χ1n) is 9.48. The van der Waals surface area contributed by atoms with Gasteiger partial charge in [0.2, 0.25) is 0 Å². The summed E-state index contributed by atoms with van der Waals surface area (Å²) < 4.78 is 1.55. The van der Waals surface area contributed by atoms with Gasteiger partial charge in [-0.3, -0.25) is 14.2 Å². The lowest BCUT2D eigenvalue weighted by atomic mass is 10.1. The molecule has 7 heteroatoms. The molecule has 2 aromatic carbocycles. The van der Waals surface area contributed by atoms with Crippen LogP contribution in [0, 0.1) is 6.92 Å². The second kappa shape index (κ2) is 9.11. The zero-order chi connectivity index (χ0) is 21.0. The Morgan fingerprint density at radius 2 is 1.90 bits per heavy atom. The highest BCUT2D eigenvalue weighted by molar-refractivity contribution is 6.30. The number of carboxylic acids is 1. The largest absolute Gasteiger partial charge is 0.481 e. The molecule has 0 unspecified atom stereocenters. The topological polar surface area (TPSA) is 80.6 Å². The van der Waals surface area contributed by atoms with Crippen molar-refractivity contribution in [2.75, 3.05) is 6.54 Å². The van der Waals surface area contributed by atoms with Crippen LogP contribution in [0.25, 0.3) is 10.9 Å². The van der Waals surface area contributed by atoms with Crippen molar-refractivity contribution in [1.29, 1.82) is 0 Å². The van der Waals surface area contributed by atoms with E-state index in [-0.39, 0.29) is 12.3 Å². The average Bonchev–Trinajstić information content (AvgIpc) is 2.96. The molecular weight excluding hydrogens is 392 g/mol. The lowest BCUT2D eigenvalue weighted by Crippen LogP contribution is -2.19. The Hall–Kier alpha value is -2.83. The highest BCUT2D eigenvalue weighted by Crippen LogP contribution is 2.30. The van der Waals surface area contributed by atoms with Crippen molar-refractivity contribution < 1.29 is 19.5 Å². The standard InChI is InChI=1S/C22H23ClN2O4/c1-3-4-11-24-29-17-9-10-20-19(12-17)18(13-21(26)27)14(2)25(20)22(28)15-5-7-16(23)8-6-15/h5-10,12,24H,3-4,11,13H2,1-2H3,(H,26,27). The first-order valence-corrected chi connectivity index (χ1v) is 9.86. The summed E-state index contributed by atoms with van der Waals surface area (Å²) >= 11 is 5.93. The van der Waals surface area contributed by atoms with Gasteiger partial charge in [-0.05, 0) is 61.4 Å². The summed E-state index contributed by atoms with van der Waals surface area (Å²) in [7, 11) is 0. The van der Waals surface area contributed by atoms with Crippen LogP contribution in [0.15, 0.2) is 42.5 Å². The van der Waals surface area contributed by atoms with Gasteiger partial charge in [0, 0.05) is 28.2 Å². The molecule has 1 heterocycles. The minimum Gasteiger partial charge on any atom is -0.481 e. The Bertz CT molecular complexity index is 1040. The van der Waals surface area contributed by atoms with Gasteiger partial charge in [0.1, 0.15) is 5.75 Å². The number of unbranched alkanes of at least 4 members (excludes halogenated alkanes) is 1. The molecule has 0 fully saturated rings. The second-order valence-electron chi connectivity index (χ2n) is 6.81. The number of hydrogen-bond acceptors (Lipinski definition) is 4. The van der Waals surface area contributed by atoms with Crippen LogP contribution in [0.2, 0.25) is 5.02 Å². The van der Waals surface area contributed by atoms with Crippen LogP contribution < -0.4 is 10.3 Å². The summed E-state index contributed by atoms with van der Waals surface area (Å²) in [6.07, 6.45) is 1.85. The minimum atomic E-state index is -0.960. The number of nitrogens with one attached hydrogen (secondary N) is 1. The van der Waals surface area contributed by atoms with Gasteiger partial charge in [-0.2, -0.15) is 5.48 Å². The molecule has 0 saturated carbocycles. The molecular formula is C22H23ClN2O4. The number of carboxylic acid groups (broad SMARTS) is 1. The first kappa shape index (κ1) is 20.9. The van der Waals surface area contributed by atoms with Crippen LogP contribution >= 0.6 is 11.6 Å². The minimum absolute atomic E-state index is 0.185. The number of halogens is 1. The molecule has 0 amide bonds. The summed E-state index contributed by atoms with van der Waals surface area (Å²) in [5.74, 6) is -0.634. The Balaban J connectivity index is 2.05. The monoisotopic (exact) mass is 414 g/mol. The van der Waals surface area contributed by atoms with Crippen molar-refractivity contribution in [3.63, 3.8) is 0 Å². The maximum absolute atomic E-state index is 13.1. The molecule has 0 aliphatic heterocycles. The van der Waals surface area contributed by atoms with E-state index in [2.05, 4.69) is 12.4 Å². The van der Waals surface area contributed by atoms with Crippen LogP contribution in [-0.2, 0) is 11.2 Å². The third kappa shape index (κ3) is 4.60. The van der Waals surface area contributed by atoms with Gasteiger partial charge in [0.05, 0.1) is 11.9 Å². The normalized spacial score (nSPS) is 11.0. The number of aliphatic carboxylic acids is 1. The second-order valence-corrected chi connectivity index (χ2v) is 7.25. The molecule has 0 spiro atoms. The van der Waals surface area contributed by atoms with Crippen molar-refractivity contribution in [1.82, 2.24) is 10.0 Å². The Morgan fingerprint density at radius 1 is 1.17 bits per heavy atom.